The third kappa shape index (κ3) is 2.29. The molecule has 4 heteroatoms. The number of nitrogens with zero attached hydrogens (tertiary/aromatic N) is 2. The summed E-state index contributed by atoms with van der Waals surface area (Å²) in [6.45, 7) is 1.87. The fourth-order valence-corrected chi connectivity index (χ4v) is 1.30. The highest BCUT2D eigenvalue weighted by Gasteiger charge is 2.21. The van der Waals surface area contributed by atoms with Crippen molar-refractivity contribution in [3.05, 3.63) is 29.6 Å². The zero-order chi connectivity index (χ0) is 10.7. The van der Waals surface area contributed by atoms with Crippen LogP contribution in [0.1, 0.15) is 17.3 Å². The molecule has 0 fully saturated rings. The van der Waals surface area contributed by atoms with E-state index in [1.54, 1.807) is 31.3 Å². The van der Waals surface area contributed by atoms with E-state index in [1.165, 1.54) is 0 Å². The number of carboxylic acid groups (broad SMARTS) is 1. The van der Waals surface area contributed by atoms with Gasteiger partial charge in [-0.05, 0) is 32.6 Å². The second-order valence-corrected chi connectivity index (χ2v) is 3.44. The number of aryl methyl sites for hydroxylation is 1. The molecule has 0 aliphatic rings. The minimum absolute atomic E-state index is 0.622. The van der Waals surface area contributed by atoms with Crippen LogP contribution in [0, 0.1) is 6.92 Å². The topological polar surface area (TPSA) is 53.4 Å². The van der Waals surface area contributed by atoms with Crippen LogP contribution in [0.15, 0.2) is 18.3 Å². The summed E-state index contributed by atoms with van der Waals surface area (Å²) in [5.41, 5.74) is 1.59. The highest BCUT2D eigenvalue weighted by atomic mass is 16.4. The van der Waals surface area contributed by atoms with E-state index >= 15 is 0 Å². The Morgan fingerprint density at radius 1 is 1.50 bits per heavy atom. The van der Waals surface area contributed by atoms with Crippen LogP contribution in [0.4, 0.5) is 0 Å². The van der Waals surface area contributed by atoms with Gasteiger partial charge in [-0.25, -0.2) is 0 Å². The number of pyridine rings is 1. The second-order valence-electron chi connectivity index (χ2n) is 3.44. The van der Waals surface area contributed by atoms with Gasteiger partial charge >= 0.3 is 5.97 Å². The molecule has 1 aromatic rings. The number of carbonyl (C=O) groups is 1. The molecule has 1 N–H and O–H groups in total. The van der Waals surface area contributed by atoms with Gasteiger partial charge in [-0.1, -0.05) is 6.07 Å². The van der Waals surface area contributed by atoms with Gasteiger partial charge < -0.3 is 5.11 Å². The molecular formula is C10H14N2O2. The van der Waals surface area contributed by atoms with Crippen LogP contribution >= 0.6 is 0 Å². The van der Waals surface area contributed by atoms with Crippen LogP contribution in [0.25, 0.3) is 0 Å². The van der Waals surface area contributed by atoms with Crippen molar-refractivity contribution < 1.29 is 9.90 Å². The normalized spacial score (nSPS) is 12.9. The van der Waals surface area contributed by atoms with Gasteiger partial charge in [-0.2, -0.15) is 0 Å². The summed E-state index contributed by atoms with van der Waals surface area (Å²) in [5.74, 6) is -0.861. The highest BCUT2D eigenvalue weighted by Crippen LogP contribution is 2.17. The summed E-state index contributed by atoms with van der Waals surface area (Å²) in [6.07, 6.45) is 1.61. The SMILES string of the molecule is Cc1ccc(C(C(=O)O)N(C)C)cn1. The predicted octanol–water partition coefficient (Wildman–Crippen LogP) is 1.08. The number of aliphatic carboxylic acids is 1. The van der Waals surface area contributed by atoms with Crippen molar-refractivity contribution >= 4 is 5.97 Å². The first-order chi connectivity index (χ1) is 6.52. The van der Waals surface area contributed by atoms with Crippen molar-refractivity contribution in [1.82, 2.24) is 9.88 Å². The van der Waals surface area contributed by atoms with Gasteiger partial charge in [-0.3, -0.25) is 14.7 Å². The minimum Gasteiger partial charge on any atom is -0.480 e. The van der Waals surface area contributed by atoms with Crippen LogP contribution in [0.2, 0.25) is 0 Å². The number of carboxylic acids is 1. The lowest BCUT2D eigenvalue weighted by Crippen LogP contribution is -2.27. The maximum Gasteiger partial charge on any atom is 0.325 e. The second kappa shape index (κ2) is 4.19. The minimum atomic E-state index is -0.861. The highest BCUT2D eigenvalue weighted by molar-refractivity contribution is 5.75. The van der Waals surface area contributed by atoms with Crippen LogP contribution < -0.4 is 0 Å². The molecule has 76 valence electrons. The Balaban J connectivity index is 3.00. The van der Waals surface area contributed by atoms with Gasteiger partial charge in [-0.15, -0.1) is 0 Å². The van der Waals surface area contributed by atoms with Gasteiger partial charge in [0, 0.05) is 11.9 Å². The monoisotopic (exact) mass is 194 g/mol. The van der Waals surface area contributed by atoms with Crippen molar-refractivity contribution in [2.45, 2.75) is 13.0 Å². The van der Waals surface area contributed by atoms with E-state index in [2.05, 4.69) is 4.98 Å². The first-order valence-electron chi connectivity index (χ1n) is 4.34. The van der Waals surface area contributed by atoms with E-state index in [0.29, 0.717) is 5.56 Å². The van der Waals surface area contributed by atoms with Crippen LogP contribution in [-0.2, 0) is 4.79 Å². The Labute approximate surface area is 83.2 Å². The van der Waals surface area contributed by atoms with Gasteiger partial charge in [0.15, 0.2) is 0 Å². The first kappa shape index (κ1) is 10.7. The van der Waals surface area contributed by atoms with Crippen molar-refractivity contribution in [1.29, 1.82) is 0 Å². The van der Waals surface area contributed by atoms with E-state index in [-0.39, 0.29) is 0 Å². The maximum atomic E-state index is 11.0. The Morgan fingerprint density at radius 2 is 2.14 bits per heavy atom. The first-order valence-corrected chi connectivity index (χ1v) is 4.34. The number of rotatable bonds is 3. The largest absolute Gasteiger partial charge is 0.480 e. The number of hydrogen-bond acceptors (Lipinski definition) is 3. The average molecular weight is 194 g/mol. The molecule has 0 aromatic carbocycles. The van der Waals surface area contributed by atoms with Crippen molar-refractivity contribution in [2.24, 2.45) is 0 Å². The van der Waals surface area contributed by atoms with Crippen molar-refractivity contribution in [3.8, 4) is 0 Å². The Morgan fingerprint density at radius 3 is 2.50 bits per heavy atom. The molecule has 1 rings (SSSR count). The molecule has 1 aromatic heterocycles. The van der Waals surface area contributed by atoms with E-state index < -0.39 is 12.0 Å². The number of likely N-dealkylation sites (N-methyl/N-ethyl adjacent to an activating group) is 1. The average Bonchev–Trinajstić information content (AvgIpc) is 2.07. The van der Waals surface area contributed by atoms with E-state index in [1.807, 2.05) is 13.0 Å². The van der Waals surface area contributed by atoms with Gasteiger partial charge in [0.1, 0.15) is 6.04 Å². The van der Waals surface area contributed by atoms with Crippen LogP contribution in [-0.4, -0.2) is 35.1 Å². The van der Waals surface area contributed by atoms with Gasteiger partial charge in [0.25, 0.3) is 0 Å². The summed E-state index contributed by atoms with van der Waals surface area (Å²) in [5, 5.41) is 9.00. The molecule has 1 heterocycles. The molecule has 0 saturated carbocycles. The standard InChI is InChI=1S/C10H14N2O2/c1-7-4-5-8(6-11-7)9(10(13)14)12(2)3/h4-6,9H,1-3H3,(H,13,14). The number of aromatic nitrogens is 1. The molecule has 0 spiro atoms. The summed E-state index contributed by atoms with van der Waals surface area (Å²) >= 11 is 0. The molecule has 0 bridgehead atoms. The lowest BCUT2D eigenvalue weighted by Gasteiger charge is -2.19. The molecule has 1 atom stereocenters. The maximum absolute atomic E-state index is 11.0. The van der Waals surface area contributed by atoms with Crippen LogP contribution in [0.5, 0.6) is 0 Å². The molecule has 4 nitrogen and oxygen atoms in total. The fraction of sp³-hybridized carbons (Fsp3) is 0.400. The predicted molar refractivity (Wildman–Crippen MR) is 53.0 cm³/mol. The molecule has 0 saturated heterocycles. The van der Waals surface area contributed by atoms with Crippen molar-refractivity contribution in [2.75, 3.05) is 14.1 Å². The van der Waals surface area contributed by atoms with Gasteiger partial charge in [0.05, 0.1) is 0 Å². The quantitative estimate of drug-likeness (QED) is 0.782. The molecule has 14 heavy (non-hydrogen) atoms. The Bertz CT molecular complexity index is 319. The summed E-state index contributed by atoms with van der Waals surface area (Å²) in [7, 11) is 3.47. The third-order valence-electron chi connectivity index (χ3n) is 2.00. The zero-order valence-corrected chi connectivity index (χ0v) is 8.56. The lowest BCUT2D eigenvalue weighted by atomic mass is 10.1. The summed E-state index contributed by atoms with van der Waals surface area (Å²) < 4.78 is 0. The van der Waals surface area contributed by atoms with Gasteiger partial charge in [0.2, 0.25) is 0 Å². The molecule has 0 aliphatic heterocycles. The lowest BCUT2D eigenvalue weighted by molar-refractivity contribution is -0.142. The van der Waals surface area contributed by atoms with E-state index in [4.69, 9.17) is 5.11 Å². The molecule has 1 unspecified atom stereocenters. The zero-order valence-electron chi connectivity index (χ0n) is 8.56. The van der Waals surface area contributed by atoms with Crippen LogP contribution in [0.3, 0.4) is 0 Å². The summed E-state index contributed by atoms with van der Waals surface area (Å²) in [4.78, 5) is 16.7. The third-order valence-corrected chi connectivity index (χ3v) is 2.00. The van der Waals surface area contributed by atoms with E-state index in [9.17, 15) is 4.79 Å². The molecular weight excluding hydrogens is 180 g/mol. The molecule has 0 aliphatic carbocycles. The molecule has 0 radical (unpaired) electrons. The van der Waals surface area contributed by atoms with E-state index in [0.717, 1.165) is 5.69 Å². The summed E-state index contributed by atoms with van der Waals surface area (Å²) in [6, 6.07) is 2.98. The number of hydrogen-bond donors (Lipinski definition) is 1. The molecule has 0 amide bonds. The van der Waals surface area contributed by atoms with Crippen molar-refractivity contribution in [3.63, 3.8) is 0 Å². The smallest absolute Gasteiger partial charge is 0.325 e. The Hall–Kier alpha value is -1.42. The Kier molecular flexibility index (Phi) is 3.19. The fourth-order valence-electron chi connectivity index (χ4n) is 1.30.